The maximum absolute atomic E-state index is 11.6. The van der Waals surface area contributed by atoms with Gasteiger partial charge >= 0.3 is 0 Å². The minimum Gasteiger partial charge on any atom is -0.327 e. The molecule has 3 N–H and O–H groups in total. The maximum atomic E-state index is 11.6. The molecule has 0 aromatic rings. The fraction of sp³-hybridized carbons (Fsp3) is 0.923. The molecular formula is C13H26N2O2. The van der Waals surface area contributed by atoms with Gasteiger partial charge < -0.3 is 5.73 Å². The Labute approximate surface area is 104 Å². The van der Waals surface area contributed by atoms with E-state index in [1.807, 2.05) is 0 Å². The Morgan fingerprint density at radius 3 is 2.53 bits per heavy atom. The van der Waals surface area contributed by atoms with Crippen molar-refractivity contribution in [1.82, 2.24) is 5.48 Å². The molecule has 0 aliphatic heterocycles. The van der Waals surface area contributed by atoms with Crippen molar-refractivity contribution >= 4 is 5.91 Å². The van der Waals surface area contributed by atoms with Gasteiger partial charge in [-0.05, 0) is 24.7 Å². The van der Waals surface area contributed by atoms with Gasteiger partial charge in [-0.2, -0.15) is 0 Å². The standard InChI is InChI=1S/C13H26N2O2/c1-13(2,3)9-10(14)8-12(16)15-17-11-6-4-5-7-11/h10-11H,4-9,14H2,1-3H3,(H,15,16). The van der Waals surface area contributed by atoms with E-state index in [0.29, 0.717) is 6.42 Å². The highest BCUT2D eigenvalue weighted by molar-refractivity contribution is 5.75. The fourth-order valence-corrected chi connectivity index (χ4v) is 2.29. The fourth-order valence-electron chi connectivity index (χ4n) is 2.29. The lowest BCUT2D eigenvalue weighted by molar-refractivity contribution is -0.138. The van der Waals surface area contributed by atoms with Crippen molar-refractivity contribution in [3.63, 3.8) is 0 Å². The summed E-state index contributed by atoms with van der Waals surface area (Å²) in [6, 6.07) is -0.0952. The predicted octanol–water partition coefficient (Wildman–Crippen LogP) is 2.13. The van der Waals surface area contributed by atoms with Gasteiger partial charge in [0.1, 0.15) is 0 Å². The van der Waals surface area contributed by atoms with Crippen LogP contribution in [0.2, 0.25) is 0 Å². The maximum Gasteiger partial charge on any atom is 0.245 e. The van der Waals surface area contributed by atoms with E-state index in [4.69, 9.17) is 10.6 Å². The summed E-state index contributed by atoms with van der Waals surface area (Å²) in [5, 5.41) is 0. The number of carbonyl (C=O) groups excluding carboxylic acids is 1. The Balaban J connectivity index is 2.15. The molecule has 1 rings (SSSR count). The summed E-state index contributed by atoms with van der Waals surface area (Å²) in [5.41, 5.74) is 8.61. The van der Waals surface area contributed by atoms with Crippen LogP contribution in [0.25, 0.3) is 0 Å². The Morgan fingerprint density at radius 2 is 2.00 bits per heavy atom. The van der Waals surface area contributed by atoms with E-state index >= 15 is 0 Å². The molecule has 1 unspecified atom stereocenters. The van der Waals surface area contributed by atoms with Crippen LogP contribution >= 0.6 is 0 Å². The van der Waals surface area contributed by atoms with Gasteiger partial charge in [0.25, 0.3) is 0 Å². The third-order valence-corrected chi connectivity index (χ3v) is 2.96. The number of nitrogens with one attached hydrogen (secondary N) is 1. The molecule has 1 aliphatic carbocycles. The molecule has 1 saturated carbocycles. The van der Waals surface area contributed by atoms with E-state index in [0.717, 1.165) is 19.3 Å². The summed E-state index contributed by atoms with van der Waals surface area (Å²) < 4.78 is 0. The summed E-state index contributed by atoms with van der Waals surface area (Å²) in [5.74, 6) is -0.103. The zero-order chi connectivity index (χ0) is 12.9. The van der Waals surface area contributed by atoms with Crippen molar-refractivity contribution in [2.45, 2.75) is 71.4 Å². The molecule has 1 atom stereocenters. The molecule has 100 valence electrons. The molecule has 17 heavy (non-hydrogen) atoms. The van der Waals surface area contributed by atoms with Gasteiger partial charge in [0, 0.05) is 12.5 Å². The molecule has 4 heteroatoms. The summed E-state index contributed by atoms with van der Waals surface area (Å²) >= 11 is 0. The second-order valence-corrected chi connectivity index (χ2v) is 6.28. The van der Waals surface area contributed by atoms with Gasteiger partial charge in [0.2, 0.25) is 5.91 Å². The number of amides is 1. The van der Waals surface area contributed by atoms with E-state index in [9.17, 15) is 4.79 Å². The monoisotopic (exact) mass is 242 g/mol. The van der Waals surface area contributed by atoms with Crippen LogP contribution in [0.3, 0.4) is 0 Å². The second kappa shape index (κ2) is 6.36. The van der Waals surface area contributed by atoms with Crippen molar-refractivity contribution in [2.75, 3.05) is 0 Å². The van der Waals surface area contributed by atoms with Crippen LogP contribution < -0.4 is 11.2 Å². The van der Waals surface area contributed by atoms with Crippen molar-refractivity contribution in [1.29, 1.82) is 0 Å². The van der Waals surface area contributed by atoms with Gasteiger partial charge in [-0.1, -0.05) is 33.6 Å². The first-order valence-electron chi connectivity index (χ1n) is 6.57. The number of rotatable bonds is 5. The molecular weight excluding hydrogens is 216 g/mol. The van der Waals surface area contributed by atoms with Gasteiger partial charge in [-0.15, -0.1) is 0 Å². The van der Waals surface area contributed by atoms with Crippen molar-refractivity contribution < 1.29 is 9.63 Å². The van der Waals surface area contributed by atoms with Crippen molar-refractivity contribution in [3.8, 4) is 0 Å². The van der Waals surface area contributed by atoms with Crippen LogP contribution in [-0.4, -0.2) is 18.1 Å². The number of hydroxylamine groups is 1. The van der Waals surface area contributed by atoms with Gasteiger partial charge in [0.05, 0.1) is 6.10 Å². The normalized spacial score (nSPS) is 19.3. The lowest BCUT2D eigenvalue weighted by Gasteiger charge is -2.22. The molecule has 1 fully saturated rings. The smallest absolute Gasteiger partial charge is 0.245 e. The zero-order valence-corrected chi connectivity index (χ0v) is 11.3. The van der Waals surface area contributed by atoms with Gasteiger partial charge in [-0.3, -0.25) is 9.63 Å². The van der Waals surface area contributed by atoms with Crippen LogP contribution in [-0.2, 0) is 9.63 Å². The SMILES string of the molecule is CC(C)(C)CC(N)CC(=O)NOC1CCCC1. The third-order valence-electron chi connectivity index (χ3n) is 2.96. The lowest BCUT2D eigenvalue weighted by atomic mass is 9.87. The minimum absolute atomic E-state index is 0.0952. The Hall–Kier alpha value is -0.610. The van der Waals surface area contributed by atoms with Crippen LogP contribution in [0.5, 0.6) is 0 Å². The van der Waals surface area contributed by atoms with E-state index < -0.39 is 0 Å². The first-order chi connectivity index (χ1) is 7.87. The van der Waals surface area contributed by atoms with E-state index in [-0.39, 0.29) is 23.5 Å². The number of carbonyl (C=O) groups is 1. The van der Waals surface area contributed by atoms with Crippen LogP contribution in [0.4, 0.5) is 0 Å². The predicted molar refractivity (Wildman–Crippen MR) is 68.1 cm³/mol. The Kier molecular flexibility index (Phi) is 5.40. The molecule has 0 aromatic heterocycles. The lowest BCUT2D eigenvalue weighted by Crippen LogP contribution is -2.35. The van der Waals surface area contributed by atoms with E-state index in [2.05, 4.69) is 26.3 Å². The molecule has 0 saturated heterocycles. The first-order valence-corrected chi connectivity index (χ1v) is 6.57. The molecule has 0 bridgehead atoms. The number of nitrogens with two attached hydrogens (primary N) is 1. The average molecular weight is 242 g/mol. The number of hydrogen-bond donors (Lipinski definition) is 2. The largest absolute Gasteiger partial charge is 0.327 e. The highest BCUT2D eigenvalue weighted by Gasteiger charge is 2.20. The Bertz CT molecular complexity index is 242. The number of hydrogen-bond acceptors (Lipinski definition) is 3. The summed E-state index contributed by atoms with van der Waals surface area (Å²) in [6.45, 7) is 6.37. The highest BCUT2D eigenvalue weighted by atomic mass is 16.7. The zero-order valence-electron chi connectivity index (χ0n) is 11.3. The highest BCUT2D eigenvalue weighted by Crippen LogP contribution is 2.21. The second-order valence-electron chi connectivity index (χ2n) is 6.28. The molecule has 0 spiro atoms. The summed E-state index contributed by atoms with van der Waals surface area (Å²) in [4.78, 5) is 16.9. The van der Waals surface area contributed by atoms with Crippen molar-refractivity contribution in [2.24, 2.45) is 11.1 Å². The van der Waals surface area contributed by atoms with Crippen LogP contribution in [0.15, 0.2) is 0 Å². The quantitative estimate of drug-likeness (QED) is 0.726. The topological polar surface area (TPSA) is 64.4 Å². The molecule has 0 heterocycles. The third kappa shape index (κ3) is 6.64. The minimum atomic E-state index is -0.103. The molecule has 1 aliphatic rings. The van der Waals surface area contributed by atoms with E-state index in [1.165, 1.54) is 12.8 Å². The average Bonchev–Trinajstić information content (AvgIpc) is 2.63. The molecule has 0 aromatic carbocycles. The molecule has 4 nitrogen and oxygen atoms in total. The first kappa shape index (κ1) is 14.5. The summed E-state index contributed by atoms with van der Waals surface area (Å²) in [6.07, 6.45) is 5.88. The van der Waals surface area contributed by atoms with Gasteiger partial charge in [0.15, 0.2) is 0 Å². The van der Waals surface area contributed by atoms with E-state index in [1.54, 1.807) is 0 Å². The van der Waals surface area contributed by atoms with Crippen LogP contribution in [0.1, 0.15) is 59.3 Å². The van der Waals surface area contributed by atoms with Gasteiger partial charge in [-0.25, -0.2) is 5.48 Å². The van der Waals surface area contributed by atoms with Crippen LogP contribution in [0, 0.1) is 5.41 Å². The summed E-state index contributed by atoms with van der Waals surface area (Å²) in [7, 11) is 0. The molecule has 0 radical (unpaired) electrons. The van der Waals surface area contributed by atoms with Crippen molar-refractivity contribution in [3.05, 3.63) is 0 Å². The molecule has 1 amide bonds. The Morgan fingerprint density at radius 1 is 1.41 bits per heavy atom.